The van der Waals surface area contributed by atoms with Crippen molar-refractivity contribution in [3.8, 4) is 0 Å². The molecule has 0 heterocycles. The summed E-state index contributed by atoms with van der Waals surface area (Å²) in [6.45, 7) is 2.49. The van der Waals surface area contributed by atoms with Crippen molar-refractivity contribution in [3.05, 3.63) is 12.2 Å². The molecule has 0 unspecified atom stereocenters. The molecule has 0 aromatic heterocycles. The quantitative estimate of drug-likeness (QED) is 0.678. The molecular weight excluding hydrogens is 198 g/mol. The van der Waals surface area contributed by atoms with E-state index in [0.717, 1.165) is 12.8 Å². The van der Waals surface area contributed by atoms with Crippen LogP contribution in [0.2, 0.25) is 0 Å². The van der Waals surface area contributed by atoms with Crippen LogP contribution in [0.1, 0.15) is 26.2 Å². The van der Waals surface area contributed by atoms with E-state index < -0.39 is 9.84 Å². The average Bonchev–Trinajstić information content (AvgIpc) is 2.56. The fourth-order valence-corrected chi connectivity index (χ4v) is 2.87. The lowest BCUT2D eigenvalue weighted by Crippen LogP contribution is -2.31. The van der Waals surface area contributed by atoms with E-state index in [2.05, 4.69) is 17.5 Å². The molecule has 82 valence electrons. The normalized spacial score (nSPS) is 17.8. The monoisotopic (exact) mass is 217 g/mol. The predicted octanol–water partition coefficient (Wildman–Crippen LogP) is 1.12. The van der Waals surface area contributed by atoms with Crippen molar-refractivity contribution < 1.29 is 8.42 Å². The highest BCUT2D eigenvalue weighted by Crippen LogP contribution is 2.08. The van der Waals surface area contributed by atoms with Crippen molar-refractivity contribution in [3.63, 3.8) is 0 Å². The summed E-state index contributed by atoms with van der Waals surface area (Å²) in [6, 6.07) is 0.465. The summed E-state index contributed by atoms with van der Waals surface area (Å²) in [5.41, 5.74) is 0. The first-order valence-corrected chi connectivity index (χ1v) is 7.05. The Hall–Kier alpha value is -0.350. The number of nitrogens with one attached hydrogen (secondary N) is 1. The highest BCUT2D eigenvalue weighted by molar-refractivity contribution is 7.91. The molecule has 1 aliphatic rings. The third kappa shape index (κ3) is 4.24. The third-order valence-electron chi connectivity index (χ3n) is 2.37. The first kappa shape index (κ1) is 11.7. The minimum atomic E-state index is -2.81. The summed E-state index contributed by atoms with van der Waals surface area (Å²) in [5.74, 6) is 0.592. The maximum absolute atomic E-state index is 11.3. The van der Waals surface area contributed by atoms with Crippen molar-refractivity contribution in [2.24, 2.45) is 0 Å². The molecule has 0 aromatic rings. The molecule has 0 aromatic carbocycles. The largest absolute Gasteiger partial charge is 0.312 e. The lowest BCUT2D eigenvalue weighted by molar-refractivity contribution is 0.548. The molecule has 4 heteroatoms. The van der Waals surface area contributed by atoms with Gasteiger partial charge in [-0.15, -0.1) is 0 Å². The molecule has 0 spiro atoms. The Bertz CT molecular complexity index is 274. The Morgan fingerprint density at radius 3 is 2.50 bits per heavy atom. The topological polar surface area (TPSA) is 46.2 Å². The van der Waals surface area contributed by atoms with Gasteiger partial charge < -0.3 is 5.32 Å². The molecular formula is C10H19NO2S. The molecule has 0 aliphatic heterocycles. The van der Waals surface area contributed by atoms with Crippen LogP contribution in [0.15, 0.2) is 12.2 Å². The fourth-order valence-electron chi connectivity index (χ4n) is 1.62. The molecule has 14 heavy (non-hydrogen) atoms. The van der Waals surface area contributed by atoms with Crippen LogP contribution in [0.3, 0.4) is 0 Å². The van der Waals surface area contributed by atoms with Crippen LogP contribution in [0.25, 0.3) is 0 Å². The van der Waals surface area contributed by atoms with Gasteiger partial charge >= 0.3 is 0 Å². The zero-order valence-corrected chi connectivity index (χ0v) is 9.52. The van der Waals surface area contributed by atoms with E-state index in [1.165, 1.54) is 0 Å². The third-order valence-corrected chi connectivity index (χ3v) is 4.23. The fraction of sp³-hybridized carbons (Fsp3) is 0.800. The standard InChI is InChI=1S/C10H19NO2S/c1-2-8-14(12,13)9-7-11-10-5-3-4-6-10/h3-4,10-11H,2,5-9H2,1H3. The second-order valence-corrected chi connectivity index (χ2v) is 6.05. The molecule has 1 rings (SSSR count). The second kappa shape index (κ2) is 5.51. The molecule has 3 nitrogen and oxygen atoms in total. The summed E-state index contributed by atoms with van der Waals surface area (Å²) in [7, 11) is -2.81. The summed E-state index contributed by atoms with van der Waals surface area (Å²) < 4.78 is 22.7. The van der Waals surface area contributed by atoms with Crippen molar-refractivity contribution in [2.45, 2.75) is 32.2 Å². The lowest BCUT2D eigenvalue weighted by atomic mass is 10.2. The average molecular weight is 217 g/mol. The van der Waals surface area contributed by atoms with Gasteiger partial charge in [-0.05, 0) is 19.3 Å². The van der Waals surface area contributed by atoms with Crippen LogP contribution >= 0.6 is 0 Å². The van der Waals surface area contributed by atoms with Gasteiger partial charge in [0.2, 0.25) is 0 Å². The highest BCUT2D eigenvalue weighted by Gasteiger charge is 2.12. The van der Waals surface area contributed by atoms with Gasteiger partial charge in [0.25, 0.3) is 0 Å². The van der Waals surface area contributed by atoms with Crippen LogP contribution in [0.5, 0.6) is 0 Å². The van der Waals surface area contributed by atoms with Gasteiger partial charge in [-0.25, -0.2) is 8.42 Å². The SMILES string of the molecule is CCCS(=O)(=O)CCNC1CC=CC1. The first-order valence-electron chi connectivity index (χ1n) is 5.23. The Morgan fingerprint density at radius 2 is 1.93 bits per heavy atom. The predicted molar refractivity (Wildman–Crippen MR) is 59.1 cm³/mol. The number of hydrogen-bond acceptors (Lipinski definition) is 3. The first-order chi connectivity index (χ1) is 6.64. The maximum atomic E-state index is 11.3. The van der Waals surface area contributed by atoms with Crippen molar-refractivity contribution in [2.75, 3.05) is 18.1 Å². The van der Waals surface area contributed by atoms with Crippen molar-refractivity contribution in [1.29, 1.82) is 0 Å². The molecule has 1 aliphatic carbocycles. The number of rotatable bonds is 6. The zero-order chi connectivity index (χ0) is 10.4. The maximum Gasteiger partial charge on any atom is 0.151 e. The molecule has 1 N–H and O–H groups in total. The van der Waals surface area contributed by atoms with Gasteiger partial charge in [-0.2, -0.15) is 0 Å². The van der Waals surface area contributed by atoms with Crippen molar-refractivity contribution in [1.82, 2.24) is 5.32 Å². The van der Waals surface area contributed by atoms with E-state index in [1.54, 1.807) is 0 Å². The summed E-state index contributed by atoms with van der Waals surface area (Å²) in [5, 5.41) is 3.25. The minimum absolute atomic E-state index is 0.275. The van der Waals surface area contributed by atoms with E-state index in [4.69, 9.17) is 0 Å². The van der Waals surface area contributed by atoms with Crippen LogP contribution < -0.4 is 5.32 Å². The summed E-state index contributed by atoms with van der Waals surface area (Å²) in [6.07, 6.45) is 7.06. The second-order valence-electron chi connectivity index (χ2n) is 3.75. The van der Waals surface area contributed by atoms with Gasteiger partial charge in [0.15, 0.2) is 9.84 Å². The molecule has 0 radical (unpaired) electrons. The molecule has 0 bridgehead atoms. The highest BCUT2D eigenvalue weighted by atomic mass is 32.2. The van der Waals surface area contributed by atoms with Crippen LogP contribution in [-0.2, 0) is 9.84 Å². The minimum Gasteiger partial charge on any atom is -0.312 e. The summed E-state index contributed by atoms with van der Waals surface area (Å²) in [4.78, 5) is 0. The number of hydrogen-bond donors (Lipinski definition) is 1. The van der Waals surface area contributed by atoms with Gasteiger partial charge in [-0.3, -0.25) is 0 Å². The van der Waals surface area contributed by atoms with Gasteiger partial charge in [0.1, 0.15) is 0 Å². The smallest absolute Gasteiger partial charge is 0.151 e. The Morgan fingerprint density at radius 1 is 1.29 bits per heavy atom. The molecule has 0 amide bonds. The Labute approximate surface area is 86.5 Å². The molecule has 0 saturated heterocycles. The van der Waals surface area contributed by atoms with Gasteiger partial charge in [-0.1, -0.05) is 19.1 Å². The lowest BCUT2D eigenvalue weighted by Gasteiger charge is -2.11. The van der Waals surface area contributed by atoms with Crippen LogP contribution in [0, 0.1) is 0 Å². The van der Waals surface area contributed by atoms with E-state index in [-0.39, 0.29) is 5.75 Å². The molecule has 0 atom stereocenters. The van der Waals surface area contributed by atoms with Gasteiger partial charge in [0, 0.05) is 18.3 Å². The Balaban J connectivity index is 2.14. The Kier molecular flexibility index (Phi) is 4.62. The summed E-state index contributed by atoms with van der Waals surface area (Å²) >= 11 is 0. The van der Waals surface area contributed by atoms with Crippen molar-refractivity contribution >= 4 is 9.84 Å². The van der Waals surface area contributed by atoms with Gasteiger partial charge in [0.05, 0.1) is 5.75 Å². The van der Waals surface area contributed by atoms with E-state index in [9.17, 15) is 8.42 Å². The van der Waals surface area contributed by atoms with E-state index in [1.807, 2.05) is 6.92 Å². The van der Waals surface area contributed by atoms with Crippen LogP contribution in [0.4, 0.5) is 0 Å². The van der Waals surface area contributed by atoms with E-state index in [0.29, 0.717) is 24.8 Å². The molecule has 0 fully saturated rings. The van der Waals surface area contributed by atoms with Crippen LogP contribution in [-0.4, -0.2) is 32.5 Å². The zero-order valence-electron chi connectivity index (χ0n) is 8.70. The van der Waals surface area contributed by atoms with E-state index >= 15 is 0 Å². The molecule has 0 saturated carbocycles. The number of sulfone groups is 1.